The summed E-state index contributed by atoms with van der Waals surface area (Å²) in [5.41, 5.74) is 0.351. The molecule has 1 atom stereocenters. The Balaban J connectivity index is 1.82. The van der Waals surface area contributed by atoms with E-state index in [0.717, 1.165) is 19.4 Å². The lowest BCUT2D eigenvalue weighted by molar-refractivity contribution is -0.121. The van der Waals surface area contributed by atoms with E-state index in [1.807, 2.05) is 0 Å². The minimum atomic E-state index is -0.449. The predicted octanol–water partition coefficient (Wildman–Crippen LogP) is 2.32. The van der Waals surface area contributed by atoms with Crippen LogP contribution in [0.5, 0.6) is 0 Å². The van der Waals surface area contributed by atoms with Gasteiger partial charge in [-0.25, -0.2) is 4.39 Å². The summed E-state index contributed by atoms with van der Waals surface area (Å²) < 4.78 is 18.8. The molecule has 1 aromatic carbocycles. The third-order valence-corrected chi connectivity index (χ3v) is 3.15. The molecule has 98 valence electrons. The van der Waals surface area contributed by atoms with Crippen molar-refractivity contribution in [2.45, 2.75) is 25.4 Å². The SMILES string of the molecule is O=C(Cc1ccc(Cl)cc1F)NC[C@@H]1CCCO1. The van der Waals surface area contributed by atoms with Crippen LogP contribution in [0, 0.1) is 5.82 Å². The quantitative estimate of drug-likeness (QED) is 0.913. The van der Waals surface area contributed by atoms with Crippen LogP contribution in [0.25, 0.3) is 0 Å². The molecule has 1 saturated heterocycles. The van der Waals surface area contributed by atoms with Crippen molar-refractivity contribution in [1.29, 1.82) is 0 Å². The highest BCUT2D eigenvalue weighted by molar-refractivity contribution is 6.30. The van der Waals surface area contributed by atoms with Gasteiger partial charge in [-0.1, -0.05) is 17.7 Å². The maximum absolute atomic E-state index is 13.5. The van der Waals surface area contributed by atoms with Crippen molar-refractivity contribution in [2.24, 2.45) is 0 Å². The van der Waals surface area contributed by atoms with E-state index in [0.29, 0.717) is 17.1 Å². The summed E-state index contributed by atoms with van der Waals surface area (Å²) in [6.07, 6.45) is 2.13. The molecule has 3 nitrogen and oxygen atoms in total. The van der Waals surface area contributed by atoms with Crippen LogP contribution < -0.4 is 5.32 Å². The van der Waals surface area contributed by atoms with Crippen LogP contribution >= 0.6 is 11.6 Å². The number of amides is 1. The molecule has 18 heavy (non-hydrogen) atoms. The lowest BCUT2D eigenvalue weighted by Crippen LogP contribution is -2.32. The normalized spacial score (nSPS) is 18.9. The van der Waals surface area contributed by atoms with Gasteiger partial charge in [-0.2, -0.15) is 0 Å². The van der Waals surface area contributed by atoms with Crippen LogP contribution in [0.3, 0.4) is 0 Å². The fourth-order valence-corrected chi connectivity index (χ4v) is 2.09. The molecule has 0 aliphatic carbocycles. The number of nitrogens with one attached hydrogen (secondary N) is 1. The molecule has 1 aliphatic rings. The van der Waals surface area contributed by atoms with Gasteiger partial charge in [0.05, 0.1) is 12.5 Å². The van der Waals surface area contributed by atoms with Crippen LogP contribution in [0.15, 0.2) is 18.2 Å². The Hall–Kier alpha value is -1.13. The van der Waals surface area contributed by atoms with Crippen molar-refractivity contribution in [3.8, 4) is 0 Å². The van der Waals surface area contributed by atoms with Gasteiger partial charge in [-0.05, 0) is 30.5 Å². The van der Waals surface area contributed by atoms with E-state index in [-0.39, 0.29) is 18.4 Å². The number of carbonyl (C=O) groups is 1. The second-order valence-electron chi connectivity index (χ2n) is 4.35. The Morgan fingerprint density at radius 2 is 2.39 bits per heavy atom. The van der Waals surface area contributed by atoms with Gasteiger partial charge < -0.3 is 10.1 Å². The van der Waals surface area contributed by atoms with Crippen molar-refractivity contribution in [3.63, 3.8) is 0 Å². The first-order valence-corrected chi connectivity index (χ1v) is 6.35. The lowest BCUT2D eigenvalue weighted by atomic mass is 10.1. The summed E-state index contributed by atoms with van der Waals surface area (Å²) in [5, 5.41) is 3.08. The first-order chi connectivity index (χ1) is 8.65. The van der Waals surface area contributed by atoms with Gasteiger partial charge in [0, 0.05) is 18.2 Å². The van der Waals surface area contributed by atoms with Crippen LogP contribution in [0.1, 0.15) is 18.4 Å². The first-order valence-electron chi connectivity index (χ1n) is 5.97. The number of ether oxygens (including phenoxy) is 1. The molecule has 1 aliphatic heterocycles. The molecule has 1 heterocycles. The third kappa shape index (κ3) is 3.68. The maximum atomic E-state index is 13.5. The molecular weight excluding hydrogens is 257 g/mol. The molecule has 2 rings (SSSR count). The van der Waals surface area contributed by atoms with Gasteiger partial charge in [0.2, 0.25) is 5.91 Å². The van der Waals surface area contributed by atoms with Gasteiger partial charge in [-0.3, -0.25) is 4.79 Å². The zero-order valence-electron chi connectivity index (χ0n) is 9.92. The minimum absolute atomic E-state index is 0.0235. The van der Waals surface area contributed by atoms with Crippen LogP contribution in [0.4, 0.5) is 4.39 Å². The smallest absolute Gasteiger partial charge is 0.224 e. The molecule has 0 aromatic heterocycles. The van der Waals surface area contributed by atoms with E-state index < -0.39 is 5.82 Å². The van der Waals surface area contributed by atoms with Gasteiger partial charge in [0.1, 0.15) is 5.82 Å². The summed E-state index contributed by atoms with van der Waals surface area (Å²) in [4.78, 5) is 11.6. The number of rotatable bonds is 4. The Labute approximate surface area is 110 Å². The number of halogens is 2. The molecule has 1 aromatic rings. The van der Waals surface area contributed by atoms with Crippen molar-refractivity contribution >= 4 is 17.5 Å². The van der Waals surface area contributed by atoms with E-state index in [4.69, 9.17) is 16.3 Å². The summed E-state index contributed by atoms with van der Waals surface area (Å²) in [6, 6.07) is 4.32. The van der Waals surface area contributed by atoms with E-state index in [9.17, 15) is 9.18 Å². The Morgan fingerprint density at radius 1 is 1.56 bits per heavy atom. The van der Waals surface area contributed by atoms with Crippen molar-refractivity contribution < 1.29 is 13.9 Å². The van der Waals surface area contributed by atoms with Crippen molar-refractivity contribution in [2.75, 3.05) is 13.2 Å². The number of hydrogen-bond acceptors (Lipinski definition) is 2. The molecule has 1 fully saturated rings. The van der Waals surface area contributed by atoms with E-state index in [1.54, 1.807) is 6.07 Å². The lowest BCUT2D eigenvalue weighted by Gasteiger charge is -2.11. The van der Waals surface area contributed by atoms with Gasteiger partial charge in [0.15, 0.2) is 0 Å². The second kappa shape index (κ2) is 6.16. The molecule has 0 radical (unpaired) electrons. The summed E-state index contributed by atoms with van der Waals surface area (Å²) in [7, 11) is 0. The first kappa shape index (κ1) is 13.3. The molecule has 0 unspecified atom stereocenters. The van der Waals surface area contributed by atoms with E-state index >= 15 is 0 Å². The molecule has 0 saturated carbocycles. The zero-order valence-corrected chi connectivity index (χ0v) is 10.7. The standard InChI is InChI=1S/C13H15ClFNO2/c14-10-4-3-9(12(15)7-10)6-13(17)16-8-11-2-1-5-18-11/h3-4,7,11H,1-2,5-6,8H2,(H,16,17)/t11-/m0/s1. The van der Waals surface area contributed by atoms with Crippen molar-refractivity contribution in [1.82, 2.24) is 5.32 Å². The molecule has 1 amide bonds. The Kier molecular flexibility index (Phi) is 4.55. The molecule has 0 spiro atoms. The van der Waals surface area contributed by atoms with Crippen LogP contribution in [0.2, 0.25) is 5.02 Å². The molecule has 0 bridgehead atoms. The molecule has 5 heteroatoms. The maximum Gasteiger partial charge on any atom is 0.224 e. The number of benzene rings is 1. The minimum Gasteiger partial charge on any atom is -0.376 e. The largest absolute Gasteiger partial charge is 0.376 e. The molecule has 1 N–H and O–H groups in total. The van der Waals surface area contributed by atoms with Crippen molar-refractivity contribution in [3.05, 3.63) is 34.6 Å². The topological polar surface area (TPSA) is 38.3 Å². The van der Waals surface area contributed by atoms with E-state index in [1.165, 1.54) is 12.1 Å². The van der Waals surface area contributed by atoms with Crippen LogP contribution in [-0.4, -0.2) is 25.2 Å². The zero-order chi connectivity index (χ0) is 13.0. The number of hydrogen-bond donors (Lipinski definition) is 1. The Morgan fingerprint density at radius 3 is 3.06 bits per heavy atom. The predicted molar refractivity (Wildman–Crippen MR) is 67.1 cm³/mol. The van der Waals surface area contributed by atoms with Gasteiger partial charge in [0.25, 0.3) is 0 Å². The highest BCUT2D eigenvalue weighted by Gasteiger charge is 2.16. The highest BCUT2D eigenvalue weighted by atomic mass is 35.5. The van der Waals surface area contributed by atoms with Gasteiger partial charge >= 0.3 is 0 Å². The fourth-order valence-electron chi connectivity index (χ4n) is 1.93. The summed E-state index contributed by atoms with van der Waals surface area (Å²) in [6.45, 7) is 1.25. The average Bonchev–Trinajstić information content (AvgIpc) is 2.83. The van der Waals surface area contributed by atoms with Crippen LogP contribution in [-0.2, 0) is 16.0 Å². The summed E-state index contributed by atoms with van der Waals surface area (Å²) >= 11 is 5.64. The highest BCUT2D eigenvalue weighted by Crippen LogP contribution is 2.15. The average molecular weight is 272 g/mol. The van der Waals surface area contributed by atoms with Gasteiger partial charge in [-0.15, -0.1) is 0 Å². The number of carbonyl (C=O) groups excluding carboxylic acids is 1. The molecular formula is C13H15ClFNO2. The third-order valence-electron chi connectivity index (χ3n) is 2.92. The van der Waals surface area contributed by atoms with E-state index in [2.05, 4.69) is 5.32 Å². The summed E-state index contributed by atoms with van der Waals surface area (Å²) in [5.74, 6) is -0.651. The fraction of sp³-hybridized carbons (Fsp3) is 0.462. The second-order valence-corrected chi connectivity index (χ2v) is 4.79. The Bertz CT molecular complexity index is 433. The monoisotopic (exact) mass is 271 g/mol.